The fourth-order valence-electron chi connectivity index (χ4n) is 2.12. The first kappa shape index (κ1) is 15.8. The number of nitrogens with one attached hydrogen (secondary N) is 2. The Labute approximate surface area is 125 Å². The number of aryl methyl sites for hydroxylation is 1. The third kappa shape index (κ3) is 5.71. The smallest absolute Gasteiger partial charge is 0.407 e. The van der Waals surface area contributed by atoms with E-state index in [0.717, 1.165) is 5.69 Å². The zero-order valence-electron chi connectivity index (χ0n) is 13.2. The molecule has 1 aromatic rings. The van der Waals surface area contributed by atoms with Gasteiger partial charge in [-0.1, -0.05) is 5.21 Å². The SMILES string of the molecule is Cn1cc(CNC(CNC(=O)OC(C)(C)C)C2CC2)nn1. The number of alkyl carbamates (subject to hydrolysis) is 1. The predicted molar refractivity (Wildman–Crippen MR) is 78.6 cm³/mol. The van der Waals surface area contributed by atoms with E-state index in [0.29, 0.717) is 19.0 Å². The maximum atomic E-state index is 11.7. The van der Waals surface area contributed by atoms with Crippen LogP contribution in [0, 0.1) is 5.92 Å². The second kappa shape index (κ2) is 6.43. The molecule has 1 aromatic heterocycles. The summed E-state index contributed by atoms with van der Waals surface area (Å²) in [5, 5.41) is 14.2. The molecular weight excluding hydrogens is 270 g/mol. The number of hydrogen-bond donors (Lipinski definition) is 2. The van der Waals surface area contributed by atoms with Crippen LogP contribution >= 0.6 is 0 Å². The van der Waals surface area contributed by atoms with Crippen LogP contribution in [0.15, 0.2) is 6.20 Å². The summed E-state index contributed by atoms with van der Waals surface area (Å²) in [7, 11) is 1.85. The molecule has 1 saturated carbocycles. The Balaban J connectivity index is 1.76. The summed E-state index contributed by atoms with van der Waals surface area (Å²) < 4.78 is 6.93. The Morgan fingerprint density at radius 2 is 2.24 bits per heavy atom. The van der Waals surface area contributed by atoms with Crippen molar-refractivity contribution < 1.29 is 9.53 Å². The van der Waals surface area contributed by atoms with Gasteiger partial charge >= 0.3 is 6.09 Å². The number of nitrogens with zero attached hydrogens (tertiary/aromatic N) is 3. The lowest BCUT2D eigenvalue weighted by Crippen LogP contribution is -2.43. The third-order valence-electron chi connectivity index (χ3n) is 3.25. The van der Waals surface area contributed by atoms with E-state index in [1.165, 1.54) is 12.8 Å². The number of amides is 1. The van der Waals surface area contributed by atoms with Gasteiger partial charge < -0.3 is 15.4 Å². The molecule has 1 amide bonds. The van der Waals surface area contributed by atoms with Crippen molar-refractivity contribution in [3.63, 3.8) is 0 Å². The molecule has 0 aromatic carbocycles. The van der Waals surface area contributed by atoms with E-state index in [1.54, 1.807) is 4.68 Å². The average molecular weight is 295 g/mol. The van der Waals surface area contributed by atoms with Crippen LogP contribution in [0.2, 0.25) is 0 Å². The number of aromatic nitrogens is 3. The predicted octanol–water partition coefficient (Wildman–Crippen LogP) is 1.21. The fourth-order valence-corrected chi connectivity index (χ4v) is 2.12. The summed E-state index contributed by atoms with van der Waals surface area (Å²) >= 11 is 0. The Morgan fingerprint density at radius 3 is 2.76 bits per heavy atom. The molecule has 2 rings (SSSR count). The standard InChI is InChI=1S/C14H25N5O2/c1-14(2,3)21-13(20)16-8-12(10-5-6-10)15-7-11-9-19(4)18-17-11/h9-10,12,15H,5-8H2,1-4H3,(H,16,20). The maximum Gasteiger partial charge on any atom is 0.407 e. The molecule has 118 valence electrons. The molecule has 1 unspecified atom stereocenters. The van der Waals surface area contributed by atoms with Gasteiger partial charge in [0.25, 0.3) is 0 Å². The number of rotatable bonds is 6. The second-order valence-electron chi connectivity index (χ2n) is 6.59. The molecule has 0 radical (unpaired) electrons. The van der Waals surface area contributed by atoms with E-state index >= 15 is 0 Å². The summed E-state index contributed by atoms with van der Waals surface area (Å²) in [5.74, 6) is 0.622. The van der Waals surface area contributed by atoms with Crippen molar-refractivity contribution in [3.05, 3.63) is 11.9 Å². The first-order valence-electron chi connectivity index (χ1n) is 7.39. The molecule has 21 heavy (non-hydrogen) atoms. The molecule has 1 aliphatic carbocycles. The summed E-state index contributed by atoms with van der Waals surface area (Å²) in [6.07, 6.45) is 3.93. The molecule has 0 saturated heterocycles. The highest BCUT2D eigenvalue weighted by Gasteiger charge is 2.31. The highest BCUT2D eigenvalue weighted by atomic mass is 16.6. The highest BCUT2D eigenvalue weighted by Crippen LogP contribution is 2.32. The normalized spacial score (nSPS) is 16.6. The van der Waals surface area contributed by atoms with Crippen molar-refractivity contribution in [1.82, 2.24) is 25.6 Å². The second-order valence-corrected chi connectivity index (χ2v) is 6.59. The van der Waals surface area contributed by atoms with Crippen molar-refractivity contribution in [2.24, 2.45) is 13.0 Å². The average Bonchev–Trinajstić information content (AvgIpc) is 3.10. The van der Waals surface area contributed by atoms with Crippen molar-refractivity contribution in [3.8, 4) is 0 Å². The van der Waals surface area contributed by atoms with Crippen molar-refractivity contribution in [2.45, 2.75) is 51.8 Å². The summed E-state index contributed by atoms with van der Waals surface area (Å²) in [4.78, 5) is 11.7. The molecule has 2 N–H and O–H groups in total. The quantitative estimate of drug-likeness (QED) is 0.824. The van der Waals surface area contributed by atoms with Gasteiger partial charge in [0.05, 0.1) is 5.69 Å². The van der Waals surface area contributed by atoms with Crippen LogP contribution in [0.5, 0.6) is 0 Å². The van der Waals surface area contributed by atoms with Crippen molar-refractivity contribution in [1.29, 1.82) is 0 Å². The molecule has 0 aliphatic heterocycles. The van der Waals surface area contributed by atoms with Crippen LogP contribution in [-0.2, 0) is 18.3 Å². The van der Waals surface area contributed by atoms with Gasteiger partial charge in [-0.2, -0.15) is 0 Å². The van der Waals surface area contributed by atoms with Crippen LogP contribution in [0.25, 0.3) is 0 Å². The minimum absolute atomic E-state index is 0.250. The molecule has 0 spiro atoms. The van der Waals surface area contributed by atoms with Crippen LogP contribution in [-0.4, -0.2) is 39.3 Å². The van der Waals surface area contributed by atoms with Crippen LogP contribution in [0.4, 0.5) is 4.79 Å². The number of carbonyl (C=O) groups excluding carboxylic acids is 1. The van der Waals surface area contributed by atoms with Crippen LogP contribution in [0.1, 0.15) is 39.3 Å². The number of carbonyl (C=O) groups is 1. The molecule has 7 nitrogen and oxygen atoms in total. The topological polar surface area (TPSA) is 81.1 Å². The minimum atomic E-state index is -0.466. The van der Waals surface area contributed by atoms with Gasteiger partial charge in [0, 0.05) is 32.4 Å². The monoisotopic (exact) mass is 295 g/mol. The van der Waals surface area contributed by atoms with Gasteiger partial charge in [-0.3, -0.25) is 4.68 Å². The number of ether oxygens (including phenoxy) is 1. The zero-order chi connectivity index (χ0) is 15.5. The maximum absolute atomic E-state index is 11.7. The van der Waals surface area contributed by atoms with Gasteiger partial charge in [0.2, 0.25) is 0 Å². The van der Waals surface area contributed by atoms with Crippen molar-refractivity contribution >= 4 is 6.09 Å². The molecule has 1 heterocycles. The van der Waals surface area contributed by atoms with E-state index in [-0.39, 0.29) is 12.1 Å². The highest BCUT2D eigenvalue weighted by molar-refractivity contribution is 5.67. The molecular formula is C14H25N5O2. The van der Waals surface area contributed by atoms with E-state index in [9.17, 15) is 4.79 Å². The van der Waals surface area contributed by atoms with Crippen molar-refractivity contribution in [2.75, 3.05) is 6.54 Å². The molecule has 1 aliphatic rings. The Hall–Kier alpha value is -1.63. The molecule has 1 fully saturated rings. The minimum Gasteiger partial charge on any atom is -0.444 e. The van der Waals surface area contributed by atoms with Gasteiger partial charge in [0.15, 0.2) is 0 Å². The number of hydrogen-bond acceptors (Lipinski definition) is 5. The molecule has 0 bridgehead atoms. The largest absolute Gasteiger partial charge is 0.444 e. The summed E-state index contributed by atoms with van der Waals surface area (Å²) in [6.45, 7) is 6.80. The third-order valence-corrected chi connectivity index (χ3v) is 3.25. The molecule has 1 atom stereocenters. The van der Waals surface area contributed by atoms with Gasteiger partial charge in [-0.05, 0) is 39.5 Å². The van der Waals surface area contributed by atoms with Gasteiger partial charge in [-0.15, -0.1) is 5.10 Å². The summed E-state index contributed by atoms with van der Waals surface area (Å²) in [5.41, 5.74) is 0.437. The van der Waals surface area contributed by atoms with E-state index < -0.39 is 5.60 Å². The van der Waals surface area contributed by atoms with E-state index in [1.807, 2.05) is 34.0 Å². The van der Waals surface area contributed by atoms with E-state index in [4.69, 9.17) is 4.74 Å². The first-order valence-corrected chi connectivity index (χ1v) is 7.39. The lowest BCUT2D eigenvalue weighted by molar-refractivity contribution is 0.0521. The lowest BCUT2D eigenvalue weighted by atomic mass is 10.2. The first-order chi connectivity index (χ1) is 9.83. The van der Waals surface area contributed by atoms with Gasteiger partial charge in [-0.25, -0.2) is 4.79 Å². The Kier molecular flexibility index (Phi) is 4.82. The summed E-state index contributed by atoms with van der Waals surface area (Å²) in [6, 6.07) is 0.250. The molecule has 7 heteroatoms. The Bertz CT molecular complexity index is 476. The van der Waals surface area contributed by atoms with Crippen LogP contribution in [0.3, 0.4) is 0 Å². The van der Waals surface area contributed by atoms with Gasteiger partial charge in [0.1, 0.15) is 5.60 Å². The zero-order valence-corrected chi connectivity index (χ0v) is 13.2. The Morgan fingerprint density at radius 1 is 1.52 bits per heavy atom. The fraction of sp³-hybridized carbons (Fsp3) is 0.786. The van der Waals surface area contributed by atoms with Crippen LogP contribution < -0.4 is 10.6 Å². The van der Waals surface area contributed by atoms with E-state index in [2.05, 4.69) is 20.9 Å². The lowest BCUT2D eigenvalue weighted by Gasteiger charge is -2.22.